The van der Waals surface area contributed by atoms with Crippen LogP contribution in [-0.2, 0) is 6.42 Å². The van der Waals surface area contributed by atoms with Gasteiger partial charge in [0.2, 0.25) is 0 Å². The summed E-state index contributed by atoms with van der Waals surface area (Å²) in [7, 11) is 0. The average molecular weight is 290 g/mol. The standard InChI is InChI=1S/C17H17ClFN/c18-16-10-14(19)8-9-17(16)20-11-13-6-3-5-12-4-1-2-7-15(12)13/h1-2,4,7-10,13,20H,3,5-6,11H2. The zero-order valence-corrected chi connectivity index (χ0v) is 12.0. The maximum atomic E-state index is 13.0. The normalized spacial score (nSPS) is 17.6. The third-order valence-electron chi connectivity index (χ3n) is 3.96. The van der Waals surface area contributed by atoms with Crippen molar-refractivity contribution in [2.45, 2.75) is 25.2 Å². The molecule has 0 saturated heterocycles. The molecule has 1 unspecified atom stereocenters. The molecule has 0 aromatic heterocycles. The van der Waals surface area contributed by atoms with Crippen LogP contribution in [0.3, 0.4) is 0 Å². The number of benzene rings is 2. The zero-order valence-electron chi connectivity index (χ0n) is 11.2. The highest BCUT2D eigenvalue weighted by atomic mass is 35.5. The Morgan fingerprint density at radius 2 is 2.05 bits per heavy atom. The van der Waals surface area contributed by atoms with Gasteiger partial charge >= 0.3 is 0 Å². The Bertz CT molecular complexity index is 612. The Balaban J connectivity index is 1.73. The summed E-state index contributed by atoms with van der Waals surface area (Å²) in [4.78, 5) is 0. The molecule has 1 atom stereocenters. The van der Waals surface area contributed by atoms with Crippen LogP contribution in [0.25, 0.3) is 0 Å². The number of rotatable bonds is 3. The summed E-state index contributed by atoms with van der Waals surface area (Å²) in [5.41, 5.74) is 3.69. The number of anilines is 1. The lowest BCUT2D eigenvalue weighted by atomic mass is 9.83. The van der Waals surface area contributed by atoms with E-state index >= 15 is 0 Å². The molecule has 3 heteroatoms. The van der Waals surface area contributed by atoms with Gasteiger partial charge in [-0.25, -0.2) is 4.39 Å². The maximum absolute atomic E-state index is 13.0. The Morgan fingerprint density at radius 3 is 2.90 bits per heavy atom. The molecule has 1 aliphatic rings. The molecule has 0 bridgehead atoms. The number of hydrogen-bond donors (Lipinski definition) is 1. The molecule has 3 rings (SSSR count). The molecule has 0 saturated carbocycles. The first kappa shape index (κ1) is 13.4. The molecule has 0 fully saturated rings. The van der Waals surface area contributed by atoms with E-state index < -0.39 is 0 Å². The molecule has 0 spiro atoms. The molecule has 0 heterocycles. The first-order chi connectivity index (χ1) is 9.74. The average Bonchev–Trinajstić information content (AvgIpc) is 2.46. The van der Waals surface area contributed by atoms with Gasteiger partial charge in [0.15, 0.2) is 0 Å². The van der Waals surface area contributed by atoms with Crippen molar-refractivity contribution in [3.05, 3.63) is 64.4 Å². The van der Waals surface area contributed by atoms with Crippen LogP contribution in [0.5, 0.6) is 0 Å². The SMILES string of the molecule is Fc1ccc(NCC2CCCc3ccccc32)c(Cl)c1. The highest BCUT2D eigenvalue weighted by Gasteiger charge is 2.19. The van der Waals surface area contributed by atoms with Crippen LogP contribution in [0.15, 0.2) is 42.5 Å². The number of aryl methyl sites for hydroxylation is 1. The van der Waals surface area contributed by atoms with Gasteiger partial charge in [0, 0.05) is 12.5 Å². The quantitative estimate of drug-likeness (QED) is 0.837. The van der Waals surface area contributed by atoms with Crippen LogP contribution in [0.1, 0.15) is 29.9 Å². The van der Waals surface area contributed by atoms with Crippen LogP contribution in [0.2, 0.25) is 5.02 Å². The van der Waals surface area contributed by atoms with E-state index in [9.17, 15) is 4.39 Å². The van der Waals surface area contributed by atoms with Gasteiger partial charge in [-0.1, -0.05) is 35.9 Å². The number of halogens is 2. The van der Waals surface area contributed by atoms with E-state index in [2.05, 4.69) is 29.6 Å². The summed E-state index contributed by atoms with van der Waals surface area (Å²) in [5.74, 6) is 0.199. The topological polar surface area (TPSA) is 12.0 Å². The second kappa shape index (κ2) is 5.84. The lowest BCUT2D eigenvalue weighted by Gasteiger charge is -2.26. The highest BCUT2D eigenvalue weighted by Crippen LogP contribution is 2.32. The van der Waals surface area contributed by atoms with E-state index in [1.807, 2.05) is 0 Å². The summed E-state index contributed by atoms with van der Waals surface area (Å²) in [6, 6.07) is 13.1. The Labute approximate surface area is 123 Å². The van der Waals surface area contributed by atoms with Gasteiger partial charge in [0.05, 0.1) is 10.7 Å². The first-order valence-electron chi connectivity index (χ1n) is 7.01. The minimum atomic E-state index is -0.302. The van der Waals surface area contributed by atoms with Crippen molar-refractivity contribution >= 4 is 17.3 Å². The van der Waals surface area contributed by atoms with Crippen LogP contribution >= 0.6 is 11.6 Å². The number of fused-ring (bicyclic) bond motifs is 1. The van der Waals surface area contributed by atoms with Crippen LogP contribution < -0.4 is 5.32 Å². The van der Waals surface area contributed by atoms with Crippen LogP contribution in [-0.4, -0.2) is 6.54 Å². The predicted octanol–water partition coefficient (Wildman–Crippen LogP) is 5.01. The van der Waals surface area contributed by atoms with E-state index in [0.717, 1.165) is 12.2 Å². The molecule has 0 radical (unpaired) electrons. The summed E-state index contributed by atoms with van der Waals surface area (Å²) in [6.07, 6.45) is 3.58. The van der Waals surface area contributed by atoms with E-state index in [1.165, 1.54) is 42.5 Å². The van der Waals surface area contributed by atoms with Crippen molar-refractivity contribution in [1.82, 2.24) is 0 Å². The van der Waals surface area contributed by atoms with Crippen LogP contribution in [0.4, 0.5) is 10.1 Å². The molecule has 2 aromatic rings. The van der Waals surface area contributed by atoms with Crippen molar-refractivity contribution in [2.24, 2.45) is 0 Å². The van der Waals surface area contributed by atoms with E-state index in [4.69, 9.17) is 11.6 Å². The van der Waals surface area contributed by atoms with Crippen LogP contribution in [0, 0.1) is 5.82 Å². The third kappa shape index (κ3) is 2.80. The summed E-state index contributed by atoms with van der Waals surface area (Å²) in [6.45, 7) is 0.836. The number of hydrogen-bond acceptors (Lipinski definition) is 1. The number of nitrogens with one attached hydrogen (secondary N) is 1. The Hall–Kier alpha value is -1.54. The van der Waals surface area contributed by atoms with E-state index in [0.29, 0.717) is 10.9 Å². The lowest BCUT2D eigenvalue weighted by molar-refractivity contribution is 0.571. The van der Waals surface area contributed by atoms with Crippen molar-refractivity contribution in [3.63, 3.8) is 0 Å². The summed E-state index contributed by atoms with van der Waals surface area (Å²) in [5, 5.41) is 3.79. The fourth-order valence-electron chi connectivity index (χ4n) is 2.93. The minimum Gasteiger partial charge on any atom is -0.383 e. The summed E-state index contributed by atoms with van der Waals surface area (Å²) >= 11 is 6.04. The first-order valence-corrected chi connectivity index (χ1v) is 7.38. The van der Waals surface area contributed by atoms with Gasteiger partial charge in [-0.2, -0.15) is 0 Å². The maximum Gasteiger partial charge on any atom is 0.124 e. The lowest BCUT2D eigenvalue weighted by Crippen LogP contribution is -2.18. The highest BCUT2D eigenvalue weighted by molar-refractivity contribution is 6.33. The van der Waals surface area contributed by atoms with Crippen molar-refractivity contribution in [3.8, 4) is 0 Å². The van der Waals surface area contributed by atoms with Crippen molar-refractivity contribution < 1.29 is 4.39 Å². The molecule has 1 aliphatic carbocycles. The molecule has 20 heavy (non-hydrogen) atoms. The van der Waals surface area contributed by atoms with E-state index in [-0.39, 0.29) is 5.82 Å². The van der Waals surface area contributed by atoms with Gasteiger partial charge in [0.25, 0.3) is 0 Å². The summed E-state index contributed by atoms with van der Waals surface area (Å²) < 4.78 is 13.0. The van der Waals surface area contributed by atoms with Gasteiger partial charge < -0.3 is 5.32 Å². The molecule has 1 N–H and O–H groups in total. The molecular formula is C17H17ClFN. The fourth-order valence-corrected chi connectivity index (χ4v) is 3.17. The smallest absolute Gasteiger partial charge is 0.124 e. The Kier molecular flexibility index (Phi) is 3.93. The van der Waals surface area contributed by atoms with Gasteiger partial charge in [-0.15, -0.1) is 0 Å². The Morgan fingerprint density at radius 1 is 1.20 bits per heavy atom. The minimum absolute atomic E-state index is 0.302. The molecular weight excluding hydrogens is 273 g/mol. The van der Waals surface area contributed by atoms with Crippen molar-refractivity contribution in [2.75, 3.05) is 11.9 Å². The molecule has 104 valence electrons. The van der Waals surface area contributed by atoms with Gasteiger partial charge in [-0.3, -0.25) is 0 Å². The van der Waals surface area contributed by atoms with Gasteiger partial charge in [0.1, 0.15) is 5.82 Å². The molecule has 0 amide bonds. The predicted molar refractivity (Wildman–Crippen MR) is 82.0 cm³/mol. The second-order valence-corrected chi connectivity index (χ2v) is 5.70. The molecule has 0 aliphatic heterocycles. The zero-order chi connectivity index (χ0) is 13.9. The molecule has 2 aromatic carbocycles. The fraction of sp³-hybridized carbons (Fsp3) is 0.294. The van der Waals surface area contributed by atoms with Gasteiger partial charge in [-0.05, 0) is 48.6 Å². The second-order valence-electron chi connectivity index (χ2n) is 5.29. The third-order valence-corrected chi connectivity index (χ3v) is 4.28. The molecule has 1 nitrogen and oxygen atoms in total. The largest absolute Gasteiger partial charge is 0.383 e. The van der Waals surface area contributed by atoms with Crippen molar-refractivity contribution in [1.29, 1.82) is 0 Å². The van der Waals surface area contributed by atoms with E-state index in [1.54, 1.807) is 6.07 Å². The monoisotopic (exact) mass is 289 g/mol.